The summed E-state index contributed by atoms with van der Waals surface area (Å²) in [5.41, 5.74) is 0.621. The monoisotopic (exact) mass is 384 g/mol. The number of nitrogens with zero attached hydrogens (tertiary/aromatic N) is 2. The molecule has 0 bridgehead atoms. The number of sulfone groups is 1. The van der Waals surface area contributed by atoms with E-state index in [0.717, 1.165) is 35.3 Å². The summed E-state index contributed by atoms with van der Waals surface area (Å²) in [7, 11) is -3.66. The lowest BCUT2D eigenvalue weighted by molar-refractivity contribution is -0.145. The molecule has 1 aromatic heterocycles. The van der Waals surface area contributed by atoms with E-state index in [0.29, 0.717) is 5.56 Å². The van der Waals surface area contributed by atoms with Gasteiger partial charge in [-0.2, -0.15) is 13.2 Å². The molecule has 0 unspecified atom stereocenters. The highest BCUT2D eigenvalue weighted by atomic mass is 32.2. The van der Waals surface area contributed by atoms with Gasteiger partial charge in [0.2, 0.25) is 5.82 Å². The van der Waals surface area contributed by atoms with Crippen LogP contribution in [0.1, 0.15) is 5.82 Å². The average molecular weight is 384 g/mol. The van der Waals surface area contributed by atoms with Gasteiger partial charge in [0.15, 0.2) is 9.84 Å². The van der Waals surface area contributed by atoms with Gasteiger partial charge in [-0.15, -0.1) is 0 Å². The highest BCUT2D eigenvalue weighted by Gasteiger charge is 2.36. The van der Waals surface area contributed by atoms with Gasteiger partial charge in [-0.05, 0) is 35.9 Å². The molecule has 0 radical (unpaired) electrons. The molecular weight excluding hydrogens is 372 g/mol. The van der Waals surface area contributed by atoms with E-state index < -0.39 is 27.7 Å². The van der Waals surface area contributed by atoms with Crippen LogP contribution in [-0.2, 0) is 16.0 Å². The first kappa shape index (κ1) is 18.1. The van der Waals surface area contributed by atoms with Crippen molar-refractivity contribution in [3.05, 3.63) is 66.5 Å². The molecule has 0 fully saturated rings. The molecular formula is C17H12F4N2O2S. The average Bonchev–Trinajstić information content (AvgIpc) is 3.04. The third kappa shape index (κ3) is 3.48. The molecule has 0 aliphatic rings. The number of benzene rings is 2. The smallest absolute Gasteiger partial charge is 0.296 e. The van der Waals surface area contributed by atoms with Gasteiger partial charge < -0.3 is 0 Å². The Morgan fingerprint density at radius 2 is 1.69 bits per heavy atom. The third-order valence-electron chi connectivity index (χ3n) is 3.69. The number of hydrogen-bond donors (Lipinski definition) is 0. The molecule has 3 aromatic rings. The molecule has 0 aliphatic carbocycles. The van der Waals surface area contributed by atoms with Gasteiger partial charge >= 0.3 is 6.18 Å². The maximum absolute atomic E-state index is 13.2. The zero-order valence-electron chi connectivity index (χ0n) is 13.3. The van der Waals surface area contributed by atoms with E-state index in [9.17, 15) is 26.0 Å². The maximum Gasteiger partial charge on any atom is 0.450 e. The quantitative estimate of drug-likeness (QED) is 0.639. The minimum atomic E-state index is -4.67. The summed E-state index contributed by atoms with van der Waals surface area (Å²) in [6.45, 7) is 0. The van der Waals surface area contributed by atoms with Crippen LogP contribution < -0.4 is 0 Å². The van der Waals surface area contributed by atoms with Gasteiger partial charge in [-0.3, -0.25) is 4.57 Å². The van der Waals surface area contributed by atoms with Crippen LogP contribution in [0.25, 0.3) is 16.8 Å². The fourth-order valence-corrected chi connectivity index (χ4v) is 3.46. The van der Waals surface area contributed by atoms with E-state index in [4.69, 9.17) is 0 Å². The Kier molecular flexibility index (Phi) is 4.35. The number of aromatic nitrogens is 2. The summed E-state index contributed by atoms with van der Waals surface area (Å²) < 4.78 is 77.3. The van der Waals surface area contributed by atoms with Crippen LogP contribution >= 0.6 is 0 Å². The number of rotatable bonds is 3. The van der Waals surface area contributed by atoms with Crippen molar-refractivity contribution in [3.8, 4) is 16.8 Å². The Labute approximate surface area is 146 Å². The van der Waals surface area contributed by atoms with E-state index in [1.807, 2.05) is 0 Å². The lowest BCUT2D eigenvalue weighted by Crippen LogP contribution is -2.13. The Balaban J connectivity index is 2.24. The lowest BCUT2D eigenvalue weighted by atomic mass is 10.0. The van der Waals surface area contributed by atoms with E-state index in [-0.39, 0.29) is 16.1 Å². The van der Waals surface area contributed by atoms with E-state index in [1.165, 1.54) is 30.3 Å². The number of imidazole rings is 1. The minimum Gasteiger partial charge on any atom is -0.296 e. The van der Waals surface area contributed by atoms with Crippen LogP contribution in [-0.4, -0.2) is 24.2 Å². The molecule has 0 spiro atoms. The van der Waals surface area contributed by atoms with Crippen LogP contribution in [0.5, 0.6) is 0 Å². The number of alkyl halides is 3. The van der Waals surface area contributed by atoms with E-state index in [2.05, 4.69) is 4.98 Å². The summed E-state index contributed by atoms with van der Waals surface area (Å²) in [4.78, 5) is 3.25. The summed E-state index contributed by atoms with van der Waals surface area (Å²) >= 11 is 0. The summed E-state index contributed by atoms with van der Waals surface area (Å²) in [6.07, 6.45) is -1.54. The van der Waals surface area contributed by atoms with Gasteiger partial charge in [0.1, 0.15) is 5.82 Å². The molecule has 0 saturated carbocycles. The largest absolute Gasteiger partial charge is 0.450 e. The molecule has 2 aromatic carbocycles. The highest BCUT2D eigenvalue weighted by Crippen LogP contribution is 2.33. The van der Waals surface area contributed by atoms with Crippen molar-refractivity contribution in [1.29, 1.82) is 0 Å². The molecule has 136 valence electrons. The topological polar surface area (TPSA) is 52.0 Å². The SMILES string of the molecule is CS(=O)(=O)c1ccc(-n2ccnc2C(F)(F)F)cc1-c1ccc(F)cc1. The van der Waals surface area contributed by atoms with Crippen molar-refractivity contribution in [2.24, 2.45) is 0 Å². The molecule has 26 heavy (non-hydrogen) atoms. The first-order chi connectivity index (χ1) is 12.1. The van der Waals surface area contributed by atoms with Crippen molar-refractivity contribution in [2.45, 2.75) is 11.1 Å². The molecule has 0 atom stereocenters. The van der Waals surface area contributed by atoms with Crippen LogP contribution in [0.2, 0.25) is 0 Å². The first-order valence-electron chi connectivity index (χ1n) is 7.28. The fourth-order valence-electron chi connectivity index (χ4n) is 2.57. The van der Waals surface area contributed by atoms with E-state index >= 15 is 0 Å². The molecule has 0 aliphatic heterocycles. The van der Waals surface area contributed by atoms with Crippen molar-refractivity contribution in [2.75, 3.05) is 6.26 Å². The van der Waals surface area contributed by atoms with Gasteiger partial charge in [0.05, 0.1) is 4.90 Å². The molecule has 3 rings (SSSR count). The van der Waals surface area contributed by atoms with Crippen LogP contribution in [0.15, 0.2) is 59.8 Å². The van der Waals surface area contributed by atoms with Crippen molar-refractivity contribution in [1.82, 2.24) is 9.55 Å². The van der Waals surface area contributed by atoms with Gasteiger partial charge in [0, 0.05) is 29.9 Å². The number of hydrogen-bond acceptors (Lipinski definition) is 3. The molecule has 0 N–H and O–H groups in total. The summed E-state index contributed by atoms with van der Waals surface area (Å²) in [5, 5.41) is 0. The van der Waals surface area contributed by atoms with Gasteiger partial charge in [-0.25, -0.2) is 17.8 Å². The Bertz CT molecular complexity index is 1060. The van der Waals surface area contributed by atoms with Crippen molar-refractivity contribution in [3.63, 3.8) is 0 Å². The second kappa shape index (κ2) is 6.24. The second-order valence-electron chi connectivity index (χ2n) is 5.58. The van der Waals surface area contributed by atoms with Crippen LogP contribution in [0.3, 0.4) is 0 Å². The third-order valence-corrected chi connectivity index (χ3v) is 4.85. The minimum absolute atomic E-state index is 0.0680. The lowest BCUT2D eigenvalue weighted by Gasteiger charge is -2.14. The molecule has 0 amide bonds. The van der Waals surface area contributed by atoms with Crippen LogP contribution in [0, 0.1) is 5.82 Å². The van der Waals surface area contributed by atoms with Crippen molar-refractivity contribution >= 4 is 9.84 Å². The molecule has 1 heterocycles. The number of halogens is 4. The van der Waals surface area contributed by atoms with Gasteiger partial charge in [0.25, 0.3) is 0 Å². The second-order valence-corrected chi connectivity index (χ2v) is 7.56. The maximum atomic E-state index is 13.2. The van der Waals surface area contributed by atoms with Gasteiger partial charge in [-0.1, -0.05) is 12.1 Å². The molecule has 9 heteroatoms. The standard InChI is InChI=1S/C17H12F4N2O2S/c1-26(24,25)15-7-6-13(23-9-8-22-16(23)17(19,20)21)10-14(15)11-2-4-12(18)5-3-11/h2-10H,1H3. The van der Waals surface area contributed by atoms with Crippen LogP contribution in [0.4, 0.5) is 17.6 Å². The Morgan fingerprint density at radius 3 is 2.27 bits per heavy atom. The molecule has 0 saturated heterocycles. The molecule has 4 nitrogen and oxygen atoms in total. The first-order valence-corrected chi connectivity index (χ1v) is 9.17. The van der Waals surface area contributed by atoms with Crippen molar-refractivity contribution < 1.29 is 26.0 Å². The highest BCUT2D eigenvalue weighted by molar-refractivity contribution is 7.90. The summed E-state index contributed by atoms with van der Waals surface area (Å²) in [6, 6.07) is 8.81. The summed E-state index contributed by atoms with van der Waals surface area (Å²) in [5.74, 6) is -1.64. The van der Waals surface area contributed by atoms with E-state index in [1.54, 1.807) is 0 Å². The predicted molar refractivity (Wildman–Crippen MR) is 87.1 cm³/mol. The zero-order chi connectivity index (χ0) is 19.1. The predicted octanol–water partition coefficient (Wildman–Crippen LogP) is 4.10. The Morgan fingerprint density at radius 1 is 1.04 bits per heavy atom. The normalized spacial score (nSPS) is 12.3. The zero-order valence-corrected chi connectivity index (χ0v) is 14.1. The Hall–Kier alpha value is -2.68. The fraction of sp³-hybridized carbons (Fsp3) is 0.118.